The van der Waals surface area contributed by atoms with Gasteiger partial charge in [0.1, 0.15) is 0 Å². The van der Waals surface area contributed by atoms with E-state index in [-0.39, 0.29) is 5.78 Å². The summed E-state index contributed by atoms with van der Waals surface area (Å²) >= 11 is 3.35. The Morgan fingerprint density at radius 3 is 2.79 bits per heavy atom. The second kappa shape index (κ2) is 5.15. The third-order valence-electron chi connectivity index (χ3n) is 1.93. The van der Waals surface area contributed by atoms with Crippen LogP contribution < -0.4 is 5.32 Å². The van der Waals surface area contributed by atoms with Gasteiger partial charge in [0.05, 0.1) is 0 Å². The van der Waals surface area contributed by atoms with E-state index < -0.39 is 0 Å². The maximum absolute atomic E-state index is 11.3. The summed E-state index contributed by atoms with van der Waals surface area (Å²) in [6.45, 7) is 4.57. The van der Waals surface area contributed by atoms with Crippen LogP contribution in [0.1, 0.15) is 30.6 Å². The molecule has 0 aliphatic rings. The number of halogens is 1. The summed E-state index contributed by atoms with van der Waals surface area (Å²) in [6.07, 6.45) is 1.05. The zero-order valence-corrected chi connectivity index (χ0v) is 10.0. The van der Waals surface area contributed by atoms with E-state index in [0.717, 1.165) is 28.7 Å². The molecule has 3 heteroatoms. The first kappa shape index (κ1) is 11.2. The zero-order valence-electron chi connectivity index (χ0n) is 8.43. The van der Waals surface area contributed by atoms with Gasteiger partial charge in [-0.3, -0.25) is 4.79 Å². The fourth-order valence-corrected chi connectivity index (χ4v) is 1.58. The fraction of sp³-hybridized carbons (Fsp3) is 0.364. The van der Waals surface area contributed by atoms with Crippen molar-refractivity contribution in [3.63, 3.8) is 0 Å². The Morgan fingerprint density at radius 2 is 2.21 bits per heavy atom. The van der Waals surface area contributed by atoms with E-state index in [1.165, 1.54) is 0 Å². The molecule has 0 spiro atoms. The molecular weight excluding hydrogens is 242 g/mol. The summed E-state index contributed by atoms with van der Waals surface area (Å²) in [7, 11) is 0. The van der Waals surface area contributed by atoms with Gasteiger partial charge in [-0.25, -0.2) is 0 Å². The van der Waals surface area contributed by atoms with Gasteiger partial charge in [-0.1, -0.05) is 22.9 Å². The Bertz CT molecular complexity index is 336. The van der Waals surface area contributed by atoms with Crippen LogP contribution in [-0.2, 0) is 0 Å². The van der Waals surface area contributed by atoms with Gasteiger partial charge < -0.3 is 5.32 Å². The summed E-state index contributed by atoms with van der Waals surface area (Å²) in [5.74, 6) is 0.0879. The predicted octanol–water partition coefficient (Wildman–Crippen LogP) is 3.47. The van der Waals surface area contributed by atoms with Crippen molar-refractivity contribution in [1.82, 2.24) is 0 Å². The molecule has 0 unspecified atom stereocenters. The van der Waals surface area contributed by atoms with Gasteiger partial charge in [0, 0.05) is 22.3 Å². The highest BCUT2D eigenvalue weighted by Crippen LogP contribution is 2.21. The normalized spacial score (nSPS) is 9.93. The van der Waals surface area contributed by atoms with Gasteiger partial charge in [0.25, 0.3) is 0 Å². The molecule has 2 nitrogen and oxygen atoms in total. The van der Waals surface area contributed by atoms with Crippen molar-refractivity contribution < 1.29 is 4.79 Å². The molecule has 0 saturated carbocycles. The molecule has 0 saturated heterocycles. The molecule has 0 aromatic heterocycles. The van der Waals surface area contributed by atoms with E-state index in [1.54, 1.807) is 6.92 Å². The highest BCUT2D eigenvalue weighted by atomic mass is 79.9. The van der Waals surface area contributed by atoms with E-state index in [4.69, 9.17) is 0 Å². The number of carbonyl (C=O) groups excluding carboxylic acids is 1. The van der Waals surface area contributed by atoms with Gasteiger partial charge in [-0.05, 0) is 31.5 Å². The molecule has 0 bridgehead atoms. The number of nitrogens with one attached hydrogen (secondary N) is 1. The summed E-state index contributed by atoms with van der Waals surface area (Å²) < 4.78 is 0.935. The predicted molar refractivity (Wildman–Crippen MR) is 62.9 cm³/mol. The molecule has 1 rings (SSSR count). The summed E-state index contributed by atoms with van der Waals surface area (Å²) in [5, 5.41) is 3.23. The number of benzene rings is 1. The molecule has 0 fully saturated rings. The van der Waals surface area contributed by atoms with Crippen LogP contribution >= 0.6 is 15.9 Å². The molecule has 1 aromatic carbocycles. The van der Waals surface area contributed by atoms with Crippen LogP contribution in [0.5, 0.6) is 0 Å². The molecular formula is C11H14BrNO. The van der Waals surface area contributed by atoms with Crippen LogP contribution in [0.2, 0.25) is 0 Å². The van der Waals surface area contributed by atoms with Crippen molar-refractivity contribution in [3.05, 3.63) is 28.2 Å². The topological polar surface area (TPSA) is 29.1 Å². The molecule has 0 atom stereocenters. The summed E-state index contributed by atoms with van der Waals surface area (Å²) in [6, 6.07) is 5.71. The highest BCUT2D eigenvalue weighted by Gasteiger charge is 2.06. The number of carbonyl (C=O) groups is 1. The van der Waals surface area contributed by atoms with Gasteiger partial charge in [0.15, 0.2) is 5.78 Å². The van der Waals surface area contributed by atoms with E-state index in [0.29, 0.717) is 0 Å². The SMILES string of the molecule is CCCNc1ccc(Br)cc1C(C)=O. The fourth-order valence-electron chi connectivity index (χ4n) is 1.22. The minimum absolute atomic E-state index is 0.0879. The van der Waals surface area contributed by atoms with Gasteiger partial charge in [-0.15, -0.1) is 0 Å². The standard InChI is InChI=1S/C11H14BrNO/c1-3-6-13-11-5-4-9(12)7-10(11)8(2)14/h4-5,7,13H,3,6H2,1-2H3. The first-order valence-electron chi connectivity index (χ1n) is 4.69. The number of rotatable bonds is 4. The lowest BCUT2D eigenvalue weighted by Crippen LogP contribution is -2.05. The Balaban J connectivity index is 2.96. The van der Waals surface area contributed by atoms with Crippen molar-refractivity contribution in [2.45, 2.75) is 20.3 Å². The molecule has 0 radical (unpaired) electrons. The first-order chi connectivity index (χ1) is 6.65. The van der Waals surface area contributed by atoms with Crippen LogP contribution in [0.3, 0.4) is 0 Å². The maximum Gasteiger partial charge on any atom is 0.161 e. The van der Waals surface area contributed by atoms with Crippen LogP contribution in [0.15, 0.2) is 22.7 Å². The van der Waals surface area contributed by atoms with Gasteiger partial charge in [-0.2, -0.15) is 0 Å². The Kier molecular flexibility index (Phi) is 4.14. The largest absolute Gasteiger partial charge is 0.384 e. The van der Waals surface area contributed by atoms with Crippen molar-refractivity contribution in [2.75, 3.05) is 11.9 Å². The first-order valence-corrected chi connectivity index (χ1v) is 5.48. The monoisotopic (exact) mass is 255 g/mol. The van der Waals surface area contributed by atoms with E-state index in [9.17, 15) is 4.79 Å². The van der Waals surface area contributed by atoms with Crippen LogP contribution in [0.25, 0.3) is 0 Å². The molecule has 14 heavy (non-hydrogen) atoms. The van der Waals surface area contributed by atoms with Crippen LogP contribution in [0.4, 0.5) is 5.69 Å². The Labute approximate surface area is 92.8 Å². The summed E-state index contributed by atoms with van der Waals surface area (Å²) in [5.41, 5.74) is 1.66. The molecule has 1 aromatic rings. The number of anilines is 1. The lowest BCUT2D eigenvalue weighted by atomic mass is 10.1. The van der Waals surface area contributed by atoms with Crippen molar-refractivity contribution in [2.24, 2.45) is 0 Å². The molecule has 76 valence electrons. The summed E-state index contributed by atoms with van der Waals surface area (Å²) in [4.78, 5) is 11.3. The minimum atomic E-state index is 0.0879. The quantitative estimate of drug-likeness (QED) is 0.835. The Hall–Kier alpha value is -0.830. The maximum atomic E-state index is 11.3. The van der Waals surface area contributed by atoms with Crippen molar-refractivity contribution in [1.29, 1.82) is 0 Å². The van der Waals surface area contributed by atoms with Gasteiger partial charge >= 0.3 is 0 Å². The lowest BCUT2D eigenvalue weighted by molar-refractivity contribution is 0.101. The second-order valence-corrected chi connectivity index (χ2v) is 4.09. The number of Topliss-reactive ketones (excluding diaryl/α,β-unsaturated/α-hetero) is 1. The van der Waals surface area contributed by atoms with E-state index in [1.807, 2.05) is 18.2 Å². The van der Waals surface area contributed by atoms with Crippen molar-refractivity contribution >= 4 is 27.4 Å². The second-order valence-electron chi connectivity index (χ2n) is 3.17. The smallest absolute Gasteiger partial charge is 0.161 e. The number of ketones is 1. The van der Waals surface area contributed by atoms with E-state index >= 15 is 0 Å². The third kappa shape index (κ3) is 2.84. The molecule has 0 amide bonds. The van der Waals surface area contributed by atoms with Crippen LogP contribution in [0, 0.1) is 0 Å². The van der Waals surface area contributed by atoms with Crippen LogP contribution in [-0.4, -0.2) is 12.3 Å². The van der Waals surface area contributed by atoms with Crippen molar-refractivity contribution in [3.8, 4) is 0 Å². The van der Waals surface area contributed by atoms with Gasteiger partial charge in [0.2, 0.25) is 0 Å². The third-order valence-corrected chi connectivity index (χ3v) is 2.42. The lowest BCUT2D eigenvalue weighted by Gasteiger charge is -2.09. The molecule has 0 aliphatic carbocycles. The number of hydrogen-bond donors (Lipinski definition) is 1. The molecule has 0 aliphatic heterocycles. The molecule has 0 heterocycles. The minimum Gasteiger partial charge on any atom is -0.384 e. The molecule has 1 N–H and O–H groups in total. The Morgan fingerprint density at radius 1 is 1.50 bits per heavy atom. The zero-order chi connectivity index (χ0) is 10.6. The average Bonchev–Trinajstić information content (AvgIpc) is 2.15. The van der Waals surface area contributed by atoms with E-state index in [2.05, 4.69) is 28.2 Å². The highest BCUT2D eigenvalue weighted by molar-refractivity contribution is 9.10. The number of hydrogen-bond acceptors (Lipinski definition) is 2. The average molecular weight is 256 g/mol.